The molecular weight excluding hydrogens is 346 g/mol. The van der Waals surface area contributed by atoms with Crippen LogP contribution in [0.1, 0.15) is 40.7 Å². The summed E-state index contributed by atoms with van der Waals surface area (Å²) in [5.74, 6) is 0.407. The number of aromatic nitrogens is 2. The fourth-order valence-corrected chi connectivity index (χ4v) is 2.64. The zero-order valence-corrected chi connectivity index (χ0v) is 14.9. The summed E-state index contributed by atoms with van der Waals surface area (Å²) in [4.78, 5) is 16.2. The molecule has 1 heterocycles. The highest BCUT2D eigenvalue weighted by atomic mass is 16.5. The average molecular weight is 367 g/mol. The monoisotopic (exact) mass is 367 g/mol. The summed E-state index contributed by atoms with van der Waals surface area (Å²) in [7, 11) is 0. The SMILES string of the molecule is C[C@H](O)c1cccc(-c2ccc(C(=O)NCCc3noc(CO)n3)cc2)c1. The molecule has 0 spiro atoms. The highest BCUT2D eigenvalue weighted by Crippen LogP contribution is 2.23. The van der Waals surface area contributed by atoms with E-state index in [1.165, 1.54) is 0 Å². The molecule has 0 unspecified atom stereocenters. The van der Waals surface area contributed by atoms with E-state index in [2.05, 4.69) is 15.5 Å². The molecule has 1 amide bonds. The third-order valence-electron chi connectivity index (χ3n) is 4.13. The zero-order chi connectivity index (χ0) is 19.2. The minimum atomic E-state index is -0.525. The van der Waals surface area contributed by atoms with Gasteiger partial charge in [0.05, 0.1) is 6.10 Å². The predicted octanol–water partition coefficient (Wildman–Crippen LogP) is 2.25. The molecule has 7 nitrogen and oxygen atoms in total. The van der Waals surface area contributed by atoms with Crippen molar-refractivity contribution >= 4 is 5.91 Å². The first kappa shape index (κ1) is 18.8. The second-order valence-electron chi connectivity index (χ2n) is 6.15. The third kappa shape index (κ3) is 4.78. The van der Waals surface area contributed by atoms with Gasteiger partial charge in [-0.15, -0.1) is 0 Å². The number of hydrogen-bond acceptors (Lipinski definition) is 6. The van der Waals surface area contributed by atoms with E-state index < -0.39 is 6.10 Å². The number of aliphatic hydroxyl groups excluding tert-OH is 2. The van der Waals surface area contributed by atoms with E-state index in [0.29, 0.717) is 24.4 Å². The first-order valence-electron chi connectivity index (χ1n) is 8.66. The number of nitrogens with one attached hydrogen (secondary N) is 1. The molecule has 3 aromatic rings. The Bertz CT molecular complexity index is 904. The Morgan fingerprint density at radius 3 is 2.63 bits per heavy atom. The van der Waals surface area contributed by atoms with Crippen molar-refractivity contribution < 1.29 is 19.5 Å². The summed E-state index contributed by atoms with van der Waals surface area (Å²) >= 11 is 0. The molecule has 1 atom stereocenters. The van der Waals surface area contributed by atoms with Gasteiger partial charge in [0, 0.05) is 18.5 Å². The lowest BCUT2D eigenvalue weighted by molar-refractivity contribution is 0.0954. The number of amides is 1. The van der Waals surface area contributed by atoms with Crippen molar-refractivity contribution in [3.8, 4) is 11.1 Å². The molecule has 0 radical (unpaired) electrons. The van der Waals surface area contributed by atoms with Crippen LogP contribution in [0.4, 0.5) is 0 Å². The van der Waals surface area contributed by atoms with E-state index in [1.54, 1.807) is 19.1 Å². The minimum Gasteiger partial charge on any atom is -0.389 e. The van der Waals surface area contributed by atoms with Crippen LogP contribution in [-0.2, 0) is 13.0 Å². The van der Waals surface area contributed by atoms with E-state index in [-0.39, 0.29) is 18.4 Å². The van der Waals surface area contributed by atoms with Crippen molar-refractivity contribution in [3.63, 3.8) is 0 Å². The fraction of sp³-hybridized carbons (Fsp3) is 0.250. The molecule has 0 aliphatic rings. The topological polar surface area (TPSA) is 108 Å². The summed E-state index contributed by atoms with van der Waals surface area (Å²) < 4.78 is 4.79. The summed E-state index contributed by atoms with van der Waals surface area (Å²) in [6, 6.07) is 15.0. The van der Waals surface area contributed by atoms with Crippen molar-refractivity contribution in [1.82, 2.24) is 15.5 Å². The van der Waals surface area contributed by atoms with Crippen LogP contribution >= 0.6 is 0 Å². The first-order chi connectivity index (χ1) is 13.1. The number of nitrogens with zero attached hydrogens (tertiary/aromatic N) is 2. The van der Waals surface area contributed by atoms with Gasteiger partial charge in [-0.2, -0.15) is 4.98 Å². The van der Waals surface area contributed by atoms with E-state index in [1.807, 2.05) is 36.4 Å². The second kappa shape index (κ2) is 8.57. The third-order valence-corrected chi connectivity index (χ3v) is 4.13. The number of carbonyl (C=O) groups excluding carboxylic acids is 1. The van der Waals surface area contributed by atoms with Crippen molar-refractivity contribution in [1.29, 1.82) is 0 Å². The Hall–Kier alpha value is -3.03. The van der Waals surface area contributed by atoms with Gasteiger partial charge in [0.15, 0.2) is 5.82 Å². The van der Waals surface area contributed by atoms with E-state index in [4.69, 9.17) is 9.63 Å². The summed E-state index contributed by atoms with van der Waals surface area (Å²) in [6.45, 7) is 1.79. The molecule has 0 bridgehead atoms. The minimum absolute atomic E-state index is 0.159. The van der Waals surface area contributed by atoms with Crippen molar-refractivity contribution in [2.45, 2.75) is 26.1 Å². The molecule has 3 N–H and O–H groups in total. The van der Waals surface area contributed by atoms with Crippen LogP contribution in [0.3, 0.4) is 0 Å². The van der Waals surface area contributed by atoms with Crippen LogP contribution in [-0.4, -0.2) is 32.8 Å². The van der Waals surface area contributed by atoms with Crippen LogP contribution in [0.25, 0.3) is 11.1 Å². The molecule has 0 saturated carbocycles. The Labute approximate surface area is 156 Å². The molecule has 0 saturated heterocycles. The molecule has 1 aromatic heterocycles. The number of benzene rings is 2. The van der Waals surface area contributed by atoms with Crippen molar-refractivity contribution in [2.24, 2.45) is 0 Å². The quantitative estimate of drug-likeness (QED) is 0.591. The maximum atomic E-state index is 12.2. The predicted molar refractivity (Wildman–Crippen MR) is 98.8 cm³/mol. The van der Waals surface area contributed by atoms with Crippen molar-refractivity contribution in [2.75, 3.05) is 6.54 Å². The molecule has 7 heteroatoms. The van der Waals surface area contributed by atoms with Crippen LogP contribution in [0.15, 0.2) is 53.1 Å². The molecule has 0 fully saturated rings. The number of rotatable bonds is 7. The van der Waals surface area contributed by atoms with Gasteiger partial charge in [-0.3, -0.25) is 4.79 Å². The Kier molecular flexibility index (Phi) is 5.95. The van der Waals surface area contributed by atoms with Crippen LogP contribution < -0.4 is 5.32 Å². The lowest BCUT2D eigenvalue weighted by Gasteiger charge is -2.09. The molecule has 2 aromatic carbocycles. The lowest BCUT2D eigenvalue weighted by Crippen LogP contribution is -2.25. The normalized spacial score (nSPS) is 12.0. The van der Waals surface area contributed by atoms with Crippen LogP contribution in [0, 0.1) is 0 Å². The van der Waals surface area contributed by atoms with E-state index >= 15 is 0 Å². The summed E-state index contributed by atoms with van der Waals surface area (Å²) in [5.41, 5.74) is 3.35. The molecular formula is C20H21N3O4. The highest BCUT2D eigenvalue weighted by molar-refractivity contribution is 5.94. The molecule has 0 aliphatic carbocycles. The van der Waals surface area contributed by atoms with Gasteiger partial charge in [-0.25, -0.2) is 0 Å². The smallest absolute Gasteiger partial charge is 0.252 e. The first-order valence-corrected chi connectivity index (χ1v) is 8.66. The molecule has 27 heavy (non-hydrogen) atoms. The lowest BCUT2D eigenvalue weighted by atomic mass is 10.00. The molecule has 3 rings (SSSR count). The summed E-state index contributed by atoms with van der Waals surface area (Å²) in [6.07, 6.45) is -0.109. The highest BCUT2D eigenvalue weighted by Gasteiger charge is 2.09. The van der Waals surface area contributed by atoms with E-state index in [9.17, 15) is 9.90 Å². The Balaban J connectivity index is 1.59. The standard InChI is InChI=1S/C20H21N3O4/c1-13(25)16-3-2-4-17(11-16)14-5-7-15(8-6-14)20(26)21-10-9-18-22-19(12-24)27-23-18/h2-8,11,13,24-25H,9-10,12H2,1H3,(H,21,26)/t13-/m0/s1. The zero-order valence-electron chi connectivity index (χ0n) is 14.9. The van der Waals surface area contributed by atoms with Crippen LogP contribution in [0.2, 0.25) is 0 Å². The van der Waals surface area contributed by atoms with Gasteiger partial charge in [0.1, 0.15) is 6.61 Å². The van der Waals surface area contributed by atoms with Gasteiger partial charge >= 0.3 is 0 Å². The maximum absolute atomic E-state index is 12.2. The molecule has 0 aliphatic heterocycles. The van der Waals surface area contributed by atoms with Crippen LogP contribution in [0.5, 0.6) is 0 Å². The van der Waals surface area contributed by atoms with Crippen molar-refractivity contribution in [3.05, 3.63) is 71.4 Å². The number of hydrogen-bond donors (Lipinski definition) is 3. The average Bonchev–Trinajstić information content (AvgIpc) is 3.16. The Morgan fingerprint density at radius 2 is 1.96 bits per heavy atom. The largest absolute Gasteiger partial charge is 0.389 e. The number of carbonyl (C=O) groups is 1. The molecule has 140 valence electrons. The van der Waals surface area contributed by atoms with Gasteiger partial charge < -0.3 is 20.1 Å². The second-order valence-corrected chi connectivity index (χ2v) is 6.15. The maximum Gasteiger partial charge on any atom is 0.252 e. The fourth-order valence-electron chi connectivity index (χ4n) is 2.64. The van der Waals surface area contributed by atoms with Gasteiger partial charge in [-0.1, -0.05) is 35.5 Å². The van der Waals surface area contributed by atoms with E-state index in [0.717, 1.165) is 16.7 Å². The van der Waals surface area contributed by atoms with Gasteiger partial charge in [-0.05, 0) is 41.8 Å². The van der Waals surface area contributed by atoms with Gasteiger partial charge in [0.25, 0.3) is 11.8 Å². The summed E-state index contributed by atoms with van der Waals surface area (Å²) in [5, 5.41) is 25.1. The van der Waals surface area contributed by atoms with Gasteiger partial charge in [0.2, 0.25) is 0 Å². The number of aliphatic hydroxyl groups is 2. The Morgan fingerprint density at radius 1 is 1.19 bits per heavy atom.